The molecule has 20 heavy (non-hydrogen) atoms. The van der Waals surface area contributed by atoms with Gasteiger partial charge in [0.25, 0.3) is 0 Å². The minimum Gasteiger partial charge on any atom is -0.349 e. The Bertz CT molecular complexity index is 579. The van der Waals surface area contributed by atoms with Crippen LogP contribution in [0.25, 0.3) is 0 Å². The summed E-state index contributed by atoms with van der Waals surface area (Å²) in [7, 11) is 0. The average molecular weight is 275 g/mol. The van der Waals surface area contributed by atoms with Crippen molar-refractivity contribution >= 4 is 5.91 Å². The van der Waals surface area contributed by atoms with Crippen LogP contribution >= 0.6 is 0 Å². The highest BCUT2D eigenvalue weighted by Crippen LogP contribution is 2.18. The first-order chi connectivity index (χ1) is 9.47. The van der Waals surface area contributed by atoms with Crippen LogP contribution in [-0.4, -0.2) is 25.9 Å². The van der Waals surface area contributed by atoms with E-state index in [1.54, 1.807) is 4.68 Å². The summed E-state index contributed by atoms with van der Waals surface area (Å²) in [4.78, 5) is 12.0. The first-order valence-electron chi connectivity index (χ1n) is 6.78. The van der Waals surface area contributed by atoms with E-state index in [0.717, 1.165) is 22.6 Å². The average Bonchev–Trinajstić information content (AvgIpc) is 2.93. The number of aromatic nitrogens is 4. The van der Waals surface area contributed by atoms with Crippen LogP contribution in [0.3, 0.4) is 0 Å². The van der Waals surface area contributed by atoms with E-state index in [-0.39, 0.29) is 11.9 Å². The van der Waals surface area contributed by atoms with E-state index < -0.39 is 0 Å². The van der Waals surface area contributed by atoms with Crippen LogP contribution in [0, 0.1) is 20.8 Å². The molecule has 2 aromatic heterocycles. The zero-order chi connectivity index (χ0) is 14.7. The number of carbonyl (C=O) groups is 1. The molecule has 2 aromatic rings. The van der Waals surface area contributed by atoms with Crippen LogP contribution in [-0.2, 0) is 11.3 Å². The van der Waals surface area contributed by atoms with E-state index in [0.29, 0.717) is 13.0 Å². The number of carbonyl (C=O) groups excluding carboxylic acids is 1. The molecule has 0 saturated carbocycles. The minimum atomic E-state index is -0.0411. The fourth-order valence-electron chi connectivity index (χ4n) is 2.39. The first kappa shape index (κ1) is 14.3. The van der Waals surface area contributed by atoms with Gasteiger partial charge in [-0.3, -0.25) is 14.6 Å². The quantitative estimate of drug-likeness (QED) is 0.873. The van der Waals surface area contributed by atoms with Gasteiger partial charge in [-0.15, -0.1) is 0 Å². The van der Waals surface area contributed by atoms with Crippen LogP contribution in [0.1, 0.15) is 42.0 Å². The Kier molecular flexibility index (Phi) is 4.22. The Hall–Kier alpha value is -2.11. The summed E-state index contributed by atoms with van der Waals surface area (Å²) in [5, 5.41) is 14.3. The van der Waals surface area contributed by atoms with E-state index in [9.17, 15) is 4.79 Å². The standard InChI is InChI=1S/C14H21N5O/c1-9-5-7-19(18-9)8-6-13(20)15-10(2)14-11(3)16-17-12(14)4/h5,7,10H,6,8H2,1-4H3,(H,15,20)(H,16,17). The SMILES string of the molecule is Cc1ccn(CCC(=O)NC(C)c2c(C)n[nH]c2C)n1. The number of rotatable bonds is 5. The third-order valence-electron chi connectivity index (χ3n) is 3.34. The van der Waals surface area contributed by atoms with E-state index >= 15 is 0 Å². The molecule has 0 bridgehead atoms. The normalized spacial score (nSPS) is 12.4. The number of amides is 1. The van der Waals surface area contributed by atoms with Gasteiger partial charge in [-0.25, -0.2) is 0 Å². The number of hydrogen-bond acceptors (Lipinski definition) is 3. The number of hydrogen-bond donors (Lipinski definition) is 2. The Morgan fingerprint density at radius 2 is 2.20 bits per heavy atom. The van der Waals surface area contributed by atoms with Crippen LogP contribution in [0.4, 0.5) is 0 Å². The van der Waals surface area contributed by atoms with Gasteiger partial charge in [0.15, 0.2) is 0 Å². The molecule has 0 saturated heterocycles. The van der Waals surface area contributed by atoms with Crippen LogP contribution in [0.5, 0.6) is 0 Å². The van der Waals surface area contributed by atoms with Crippen molar-refractivity contribution in [1.82, 2.24) is 25.3 Å². The third kappa shape index (κ3) is 3.26. The van der Waals surface area contributed by atoms with Gasteiger partial charge in [0.05, 0.1) is 17.4 Å². The second-order valence-electron chi connectivity index (χ2n) is 5.11. The molecule has 2 heterocycles. The Labute approximate surface area is 118 Å². The number of H-pyrrole nitrogens is 1. The van der Waals surface area contributed by atoms with Crippen molar-refractivity contribution in [2.45, 2.75) is 46.7 Å². The molecule has 0 aliphatic carbocycles. The first-order valence-corrected chi connectivity index (χ1v) is 6.78. The molecule has 0 fully saturated rings. The highest BCUT2D eigenvalue weighted by molar-refractivity contribution is 5.76. The van der Waals surface area contributed by atoms with Crippen molar-refractivity contribution in [3.63, 3.8) is 0 Å². The molecule has 0 aliphatic rings. The van der Waals surface area contributed by atoms with Crippen molar-refractivity contribution in [3.8, 4) is 0 Å². The number of nitrogens with zero attached hydrogens (tertiary/aromatic N) is 3. The molecule has 1 atom stereocenters. The fraction of sp³-hybridized carbons (Fsp3) is 0.500. The highest BCUT2D eigenvalue weighted by Gasteiger charge is 2.16. The number of nitrogens with one attached hydrogen (secondary N) is 2. The van der Waals surface area contributed by atoms with E-state index in [2.05, 4.69) is 20.6 Å². The second-order valence-corrected chi connectivity index (χ2v) is 5.11. The van der Waals surface area contributed by atoms with Crippen molar-refractivity contribution in [3.05, 3.63) is 34.9 Å². The van der Waals surface area contributed by atoms with Crippen LogP contribution in [0.15, 0.2) is 12.3 Å². The molecule has 2 N–H and O–H groups in total. The zero-order valence-corrected chi connectivity index (χ0v) is 12.4. The summed E-state index contributed by atoms with van der Waals surface area (Å²) in [6.45, 7) is 8.40. The lowest BCUT2D eigenvalue weighted by Crippen LogP contribution is -2.28. The molecule has 1 amide bonds. The largest absolute Gasteiger partial charge is 0.349 e. The molecular weight excluding hydrogens is 254 g/mol. The van der Waals surface area contributed by atoms with Crippen molar-refractivity contribution in [2.24, 2.45) is 0 Å². The highest BCUT2D eigenvalue weighted by atomic mass is 16.1. The van der Waals surface area contributed by atoms with E-state index in [1.807, 2.05) is 40.0 Å². The van der Waals surface area contributed by atoms with Gasteiger partial charge in [-0.05, 0) is 33.8 Å². The van der Waals surface area contributed by atoms with Crippen molar-refractivity contribution < 1.29 is 4.79 Å². The number of aryl methyl sites for hydroxylation is 4. The molecule has 1 unspecified atom stereocenters. The van der Waals surface area contributed by atoms with Crippen LogP contribution in [0.2, 0.25) is 0 Å². The molecule has 108 valence electrons. The molecule has 0 aromatic carbocycles. The van der Waals surface area contributed by atoms with Crippen LogP contribution < -0.4 is 5.32 Å². The smallest absolute Gasteiger partial charge is 0.222 e. The summed E-state index contributed by atoms with van der Waals surface area (Å²) in [6.07, 6.45) is 2.30. The predicted molar refractivity (Wildman–Crippen MR) is 76.2 cm³/mol. The molecular formula is C14H21N5O. The lowest BCUT2D eigenvalue weighted by atomic mass is 10.1. The van der Waals surface area contributed by atoms with E-state index in [4.69, 9.17) is 0 Å². The monoisotopic (exact) mass is 275 g/mol. The summed E-state index contributed by atoms with van der Waals surface area (Å²) < 4.78 is 1.79. The molecule has 0 spiro atoms. The lowest BCUT2D eigenvalue weighted by Gasteiger charge is -2.14. The van der Waals surface area contributed by atoms with Gasteiger partial charge in [0.2, 0.25) is 5.91 Å². The summed E-state index contributed by atoms with van der Waals surface area (Å²) in [5.74, 6) is 0.0191. The van der Waals surface area contributed by atoms with Gasteiger partial charge < -0.3 is 5.32 Å². The minimum absolute atomic E-state index is 0.0191. The summed E-state index contributed by atoms with van der Waals surface area (Å²) in [6, 6.07) is 1.89. The zero-order valence-electron chi connectivity index (χ0n) is 12.4. The Morgan fingerprint density at radius 3 is 2.75 bits per heavy atom. The summed E-state index contributed by atoms with van der Waals surface area (Å²) >= 11 is 0. The summed E-state index contributed by atoms with van der Waals surface area (Å²) in [5.41, 5.74) is 3.95. The Morgan fingerprint density at radius 1 is 1.45 bits per heavy atom. The predicted octanol–water partition coefficient (Wildman–Crippen LogP) is 1.80. The van der Waals surface area contributed by atoms with Crippen molar-refractivity contribution in [2.75, 3.05) is 0 Å². The van der Waals surface area contributed by atoms with E-state index in [1.165, 1.54) is 0 Å². The molecule has 2 rings (SSSR count). The molecule has 0 aliphatic heterocycles. The maximum Gasteiger partial charge on any atom is 0.222 e. The maximum atomic E-state index is 12.0. The maximum absolute atomic E-state index is 12.0. The molecule has 6 nitrogen and oxygen atoms in total. The number of aromatic amines is 1. The third-order valence-corrected chi connectivity index (χ3v) is 3.34. The van der Waals surface area contributed by atoms with Gasteiger partial charge in [-0.1, -0.05) is 0 Å². The molecule has 6 heteroatoms. The fourth-order valence-corrected chi connectivity index (χ4v) is 2.39. The second kappa shape index (κ2) is 5.90. The topological polar surface area (TPSA) is 75.6 Å². The molecule has 0 radical (unpaired) electrons. The van der Waals surface area contributed by atoms with Gasteiger partial charge >= 0.3 is 0 Å². The van der Waals surface area contributed by atoms with Gasteiger partial charge in [0, 0.05) is 30.4 Å². The lowest BCUT2D eigenvalue weighted by molar-refractivity contribution is -0.122. The van der Waals surface area contributed by atoms with Crippen molar-refractivity contribution in [1.29, 1.82) is 0 Å². The van der Waals surface area contributed by atoms with Gasteiger partial charge in [-0.2, -0.15) is 10.2 Å². The Balaban J connectivity index is 1.88. The van der Waals surface area contributed by atoms with Gasteiger partial charge in [0.1, 0.15) is 0 Å².